The highest BCUT2D eigenvalue weighted by atomic mass is 19.3. The minimum absolute atomic E-state index is 0.0493. The van der Waals surface area contributed by atoms with Crippen LogP contribution in [0.2, 0.25) is 0 Å². The van der Waals surface area contributed by atoms with E-state index >= 15 is 0 Å². The fourth-order valence-corrected chi connectivity index (χ4v) is 1.72. The van der Waals surface area contributed by atoms with E-state index in [1.165, 1.54) is 12.1 Å². The van der Waals surface area contributed by atoms with Gasteiger partial charge in [-0.15, -0.1) is 0 Å². The van der Waals surface area contributed by atoms with Crippen molar-refractivity contribution in [1.82, 2.24) is 0 Å². The molecule has 0 aliphatic rings. The number of hydrogen-bond donors (Lipinski definition) is 1. The van der Waals surface area contributed by atoms with Gasteiger partial charge < -0.3 is 15.2 Å². The monoisotopic (exact) mass is 284 g/mol. The molecule has 0 spiro atoms. The van der Waals surface area contributed by atoms with E-state index in [0.717, 1.165) is 0 Å². The molecular formula is C13H14F2N2O3. The van der Waals surface area contributed by atoms with E-state index in [1.807, 2.05) is 6.07 Å². The Bertz CT molecular complexity index is 527. The van der Waals surface area contributed by atoms with Crippen molar-refractivity contribution in [2.45, 2.75) is 26.5 Å². The predicted molar refractivity (Wildman–Crippen MR) is 66.0 cm³/mol. The van der Waals surface area contributed by atoms with E-state index in [1.54, 1.807) is 6.92 Å². The lowest BCUT2D eigenvalue weighted by molar-refractivity contribution is -0.142. The zero-order valence-corrected chi connectivity index (χ0v) is 10.9. The third-order valence-electron chi connectivity index (χ3n) is 2.53. The van der Waals surface area contributed by atoms with E-state index in [2.05, 4.69) is 4.74 Å². The second-order valence-electron chi connectivity index (χ2n) is 3.75. The maximum absolute atomic E-state index is 12.4. The quantitative estimate of drug-likeness (QED) is 0.804. The van der Waals surface area contributed by atoms with Gasteiger partial charge in [0.05, 0.1) is 24.7 Å². The lowest BCUT2D eigenvalue weighted by Gasteiger charge is -2.14. The third kappa shape index (κ3) is 3.90. The largest absolute Gasteiger partial charge is 0.466 e. The summed E-state index contributed by atoms with van der Waals surface area (Å²) in [6.45, 7) is -1.22. The minimum Gasteiger partial charge on any atom is -0.466 e. The smallest absolute Gasteiger partial charge is 0.387 e. The van der Waals surface area contributed by atoms with Crippen LogP contribution in [0.3, 0.4) is 0 Å². The standard InChI is InChI=1S/C13H14F2N2O3/c1-2-19-12(18)5-9-10(7-17)8(6-16)3-4-11(9)20-13(14)15/h3-4,13H,2,5-6,16H2,1H3. The van der Waals surface area contributed by atoms with Gasteiger partial charge in [0.2, 0.25) is 0 Å². The molecule has 0 heterocycles. The summed E-state index contributed by atoms with van der Waals surface area (Å²) in [4.78, 5) is 11.5. The molecule has 2 N–H and O–H groups in total. The summed E-state index contributed by atoms with van der Waals surface area (Å²) in [7, 11) is 0. The SMILES string of the molecule is CCOC(=O)Cc1c(OC(F)F)ccc(CN)c1C#N. The predicted octanol–water partition coefficient (Wildman–Crippen LogP) is 1.72. The second kappa shape index (κ2) is 7.40. The number of carbonyl (C=O) groups excluding carboxylic acids is 1. The summed E-state index contributed by atoms with van der Waals surface area (Å²) in [6, 6.07) is 4.55. The van der Waals surface area contributed by atoms with Crippen molar-refractivity contribution in [3.05, 3.63) is 28.8 Å². The van der Waals surface area contributed by atoms with Crippen molar-refractivity contribution in [3.8, 4) is 11.8 Å². The Morgan fingerprint density at radius 2 is 2.20 bits per heavy atom. The Balaban J connectivity index is 3.25. The van der Waals surface area contributed by atoms with Crippen LogP contribution >= 0.6 is 0 Å². The van der Waals surface area contributed by atoms with Gasteiger partial charge in [0.15, 0.2) is 0 Å². The van der Waals surface area contributed by atoms with Gasteiger partial charge in [0.25, 0.3) is 0 Å². The minimum atomic E-state index is -3.05. The number of alkyl halides is 2. The Hall–Kier alpha value is -2.20. The van der Waals surface area contributed by atoms with Gasteiger partial charge in [-0.2, -0.15) is 14.0 Å². The van der Waals surface area contributed by atoms with Crippen molar-refractivity contribution in [2.24, 2.45) is 5.73 Å². The first-order chi connectivity index (χ1) is 9.53. The van der Waals surface area contributed by atoms with E-state index in [0.29, 0.717) is 5.56 Å². The van der Waals surface area contributed by atoms with Crippen LogP contribution in [-0.2, 0) is 22.5 Å². The third-order valence-corrected chi connectivity index (χ3v) is 2.53. The average Bonchev–Trinajstić information content (AvgIpc) is 2.40. The van der Waals surface area contributed by atoms with Crippen molar-refractivity contribution < 1.29 is 23.0 Å². The second-order valence-corrected chi connectivity index (χ2v) is 3.75. The van der Waals surface area contributed by atoms with Gasteiger partial charge >= 0.3 is 12.6 Å². The van der Waals surface area contributed by atoms with Gasteiger partial charge in [-0.3, -0.25) is 4.79 Å². The van der Waals surface area contributed by atoms with Crippen LogP contribution in [0.4, 0.5) is 8.78 Å². The van der Waals surface area contributed by atoms with Crippen LogP contribution in [0.25, 0.3) is 0 Å². The molecule has 0 saturated carbocycles. The summed E-state index contributed by atoms with van der Waals surface area (Å²) in [5, 5.41) is 9.13. The van der Waals surface area contributed by atoms with Gasteiger partial charge in [0, 0.05) is 12.1 Å². The van der Waals surface area contributed by atoms with Crippen LogP contribution < -0.4 is 10.5 Å². The molecule has 0 amide bonds. The number of rotatable bonds is 6. The summed E-state index contributed by atoms with van der Waals surface area (Å²) in [5.41, 5.74) is 6.06. The highest BCUT2D eigenvalue weighted by molar-refractivity contribution is 5.75. The number of nitriles is 1. The molecule has 0 unspecified atom stereocenters. The van der Waals surface area contributed by atoms with Crippen LogP contribution in [0, 0.1) is 11.3 Å². The number of nitrogens with two attached hydrogens (primary N) is 1. The molecule has 7 heteroatoms. The normalized spacial score (nSPS) is 10.2. The molecule has 0 aliphatic carbocycles. The first-order valence-electron chi connectivity index (χ1n) is 5.88. The molecule has 0 aromatic heterocycles. The summed E-state index contributed by atoms with van der Waals surface area (Å²) >= 11 is 0. The number of esters is 1. The fourth-order valence-electron chi connectivity index (χ4n) is 1.72. The number of carbonyl (C=O) groups is 1. The lowest BCUT2D eigenvalue weighted by Crippen LogP contribution is -2.14. The zero-order chi connectivity index (χ0) is 15.1. The maximum Gasteiger partial charge on any atom is 0.387 e. The van der Waals surface area contributed by atoms with Crippen LogP contribution in [-0.4, -0.2) is 19.2 Å². The number of ether oxygens (including phenoxy) is 2. The van der Waals surface area contributed by atoms with Gasteiger partial charge in [-0.05, 0) is 18.6 Å². The number of nitrogens with zero attached hydrogens (tertiary/aromatic N) is 1. The Morgan fingerprint density at radius 3 is 2.70 bits per heavy atom. The van der Waals surface area contributed by atoms with Gasteiger partial charge in [-0.25, -0.2) is 0 Å². The molecular weight excluding hydrogens is 270 g/mol. The van der Waals surface area contributed by atoms with Gasteiger partial charge in [0.1, 0.15) is 5.75 Å². The lowest BCUT2D eigenvalue weighted by atomic mass is 9.98. The van der Waals surface area contributed by atoms with Gasteiger partial charge in [-0.1, -0.05) is 6.07 Å². The Kier molecular flexibility index (Phi) is 5.87. The summed E-state index contributed by atoms with van der Waals surface area (Å²) in [5.74, 6) is -0.848. The van der Waals surface area contributed by atoms with E-state index in [4.69, 9.17) is 15.7 Å². The van der Waals surface area contributed by atoms with Crippen molar-refractivity contribution in [2.75, 3.05) is 6.61 Å². The van der Waals surface area contributed by atoms with E-state index in [9.17, 15) is 13.6 Å². The number of halogens is 2. The first-order valence-corrected chi connectivity index (χ1v) is 5.88. The highest BCUT2D eigenvalue weighted by Gasteiger charge is 2.19. The molecule has 1 aromatic rings. The molecule has 1 aromatic carbocycles. The molecule has 0 radical (unpaired) electrons. The molecule has 0 atom stereocenters. The van der Waals surface area contributed by atoms with Crippen LogP contribution in [0.5, 0.6) is 5.75 Å². The van der Waals surface area contributed by atoms with Crippen LogP contribution in [0.15, 0.2) is 12.1 Å². The molecule has 0 aliphatic heterocycles. The first kappa shape index (κ1) is 15.9. The van der Waals surface area contributed by atoms with Crippen molar-refractivity contribution in [3.63, 3.8) is 0 Å². The van der Waals surface area contributed by atoms with E-state index in [-0.39, 0.29) is 36.4 Å². The Labute approximate surface area is 114 Å². The fraction of sp³-hybridized carbons (Fsp3) is 0.385. The van der Waals surface area contributed by atoms with Crippen LogP contribution in [0.1, 0.15) is 23.6 Å². The topological polar surface area (TPSA) is 85.3 Å². The van der Waals surface area contributed by atoms with E-state index < -0.39 is 12.6 Å². The van der Waals surface area contributed by atoms with Crippen molar-refractivity contribution >= 4 is 5.97 Å². The Morgan fingerprint density at radius 1 is 1.50 bits per heavy atom. The zero-order valence-electron chi connectivity index (χ0n) is 10.9. The van der Waals surface area contributed by atoms with Crippen molar-refractivity contribution in [1.29, 1.82) is 5.26 Å². The molecule has 0 bridgehead atoms. The maximum atomic E-state index is 12.4. The molecule has 5 nitrogen and oxygen atoms in total. The molecule has 108 valence electrons. The molecule has 1 rings (SSSR count). The number of hydrogen-bond acceptors (Lipinski definition) is 5. The molecule has 0 saturated heterocycles. The summed E-state index contributed by atoms with van der Waals surface area (Å²) in [6.07, 6.45) is -0.327. The highest BCUT2D eigenvalue weighted by Crippen LogP contribution is 2.27. The summed E-state index contributed by atoms with van der Waals surface area (Å²) < 4.78 is 33.8. The molecule has 0 fully saturated rings. The molecule has 20 heavy (non-hydrogen) atoms. The average molecular weight is 284 g/mol. The number of benzene rings is 1.